The molecule has 5 rings (SSSR count). The second-order valence-electron chi connectivity index (χ2n) is 10.6. The summed E-state index contributed by atoms with van der Waals surface area (Å²) in [5, 5.41) is 11.3. The Labute approximate surface area is 227 Å². The van der Waals surface area contributed by atoms with Gasteiger partial charge in [0.1, 0.15) is 11.9 Å². The first-order valence-corrected chi connectivity index (χ1v) is 13.2. The van der Waals surface area contributed by atoms with E-state index in [1.165, 1.54) is 6.07 Å². The molecule has 0 radical (unpaired) electrons. The number of nitriles is 1. The van der Waals surface area contributed by atoms with Gasteiger partial charge in [0.05, 0.1) is 50.3 Å². The number of rotatable bonds is 8. The summed E-state index contributed by atoms with van der Waals surface area (Å²) in [6, 6.07) is 15.8. The molecule has 2 heterocycles. The summed E-state index contributed by atoms with van der Waals surface area (Å²) < 4.78 is 45.1. The van der Waals surface area contributed by atoms with Crippen molar-refractivity contribution < 1.29 is 32.9 Å². The first kappa shape index (κ1) is 27.6. The highest BCUT2D eigenvalue weighted by atomic mass is 19.1. The van der Waals surface area contributed by atoms with Crippen molar-refractivity contribution in [2.75, 3.05) is 26.3 Å². The van der Waals surface area contributed by atoms with Crippen molar-refractivity contribution in [3.63, 3.8) is 0 Å². The molecule has 9 nitrogen and oxygen atoms in total. The van der Waals surface area contributed by atoms with Crippen LogP contribution in [0.4, 0.5) is 4.39 Å². The van der Waals surface area contributed by atoms with Crippen LogP contribution in [-0.2, 0) is 41.7 Å². The zero-order valence-corrected chi connectivity index (χ0v) is 22.2. The van der Waals surface area contributed by atoms with Gasteiger partial charge < -0.3 is 23.7 Å². The maximum atomic E-state index is 14.5. The van der Waals surface area contributed by atoms with Gasteiger partial charge in [0, 0.05) is 31.5 Å². The van der Waals surface area contributed by atoms with Crippen LogP contribution in [0.3, 0.4) is 0 Å². The molecule has 1 unspecified atom stereocenters. The van der Waals surface area contributed by atoms with Crippen LogP contribution in [-0.4, -0.2) is 66.9 Å². The van der Waals surface area contributed by atoms with Crippen LogP contribution in [0.1, 0.15) is 43.4 Å². The Morgan fingerprint density at radius 1 is 1.08 bits per heavy atom. The fraction of sp³-hybridized carbons (Fsp3) is 0.517. The molecule has 0 bridgehead atoms. The van der Waals surface area contributed by atoms with Gasteiger partial charge in [-0.2, -0.15) is 5.26 Å². The molecule has 39 heavy (non-hydrogen) atoms. The molecule has 4 atom stereocenters. The minimum absolute atomic E-state index is 0.102. The van der Waals surface area contributed by atoms with Gasteiger partial charge in [0.15, 0.2) is 11.4 Å². The van der Waals surface area contributed by atoms with Gasteiger partial charge in [0.2, 0.25) is 0 Å². The van der Waals surface area contributed by atoms with Crippen LogP contribution in [0.5, 0.6) is 0 Å². The van der Waals surface area contributed by atoms with Crippen LogP contribution in [0, 0.1) is 17.1 Å². The predicted octanol–water partition coefficient (Wildman–Crippen LogP) is 3.22. The number of fused-ring (bicyclic) bond motifs is 1. The van der Waals surface area contributed by atoms with Crippen LogP contribution in [0.15, 0.2) is 48.5 Å². The van der Waals surface area contributed by atoms with Crippen molar-refractivity contribution in [2.45, 2.75) is 69.6 Å². The minimum Gasteiger partial charge on any atom is -0.379 e. The normalized spacial score (nSPS) is 28.4. The number of carbonyl (C=O) groups excluding carboxylic acids is 1. The Kier molecular flexibility index (Phi) is 8.28. The molecule has 0 aromatic heterocycles. The van der Waals surface area contributed by atoms with Crippen molar-refractivity contribution >= 4 is 5.91 Å². The van der Waals surface area contributed by atoms with Crippen LogP contribution >= 0.6 is 0 Å². The summed E-state index contributed by atoms with van der Waals surface area (Å²) >= 11 is 0. The van der Waals surface area contributed by atoms with Gasteiger partial charge in [0.25, 0.3) is 5.91 Å². The van der Waals surface area contributed by atoms with Crippen molar-refractivity contribution in [3.05, 3.63) is 71.0 Å². The molecule has 0 spiro atoms. The molecule has 1 aliphatic carbocycles. The lowest BCUT2D eigenvalue weighted by atomic mass is 9.78. The van der Waals surface area contributed by atoms with Crippen molar-refractivity contribution in [3.8, 4) is 6.07 Å². The number of hydrogen-bond acceptors (Lipinski definition) is 8. The molecule has 3 fully saturated rings. The lowest BCUT2D eigenvalue weighted by Crippen LogP contribution is -2.63. The maximum absolute atomic E-state index is 14.5. The number of benzene rings is 2. The molecular formula is C29H34FN3O6. The second-order valence-corrected chi connectivity index (χ2v) is 10.6. The Morgan fingerprint density at radius 3 is 2.54 bits per heavy atom. The largest absolute Gasteiger partial charge is 0.379 e. The molecule has 2 aromatic rings. The van der Waals surface area contributed by atoms with Crippen LogP contribution < -0.4 is 5.43 Å². The third-order valence-corrected chi connectivity index (χ3v) is 7.39. The van der Waals surface area contributed by atoms with E-state index in [1.807, 2.05) is 26.0 Å². The monoisotopic (exact) mass is 539 g/mol. The van der Waals surface area contributed by atoms with E-state index in [9.17, 15) is 14.4 Å². The Morgan fingerprint density at radius 2 is 1.79 bits per heavy atom. The Balaban J connectivity index is 1.43. The average molecular weight is 540 g/mol. The van der Waals surface area contributed by atoms with E-state index in [4.69, 9.17) is 23.7 Å². The fourth-order valence-corrected chi connectivity index (χ4v) is 5.41. The summed E-state index contributed by atoms with van der Waals surface area (Å²) in [5.74, 6) is -1.64. The number of nitrogens with zero attached hydrogens (tertiary/aromatic N) is 2. The highest BCUT2D eigenvalue weighted by Crippen LogP contribution is 2.44. The van der Waals surface area contributed by atoms with Crippen LogP contribution in [0.2, 0.25) is 0 Å². The van der Waals surface area contributed by atoms with E-state index < -0.39 is 35.5 Å². The van der Waals surface area contributed by atoms with Crippen LogP contribution in [0.25, 0.3) is 0 Å². The number of carbonyl (C=O) groups is 1. The number of ether oxygens (including phenoxy) is 5. The quantitative estimate of drug-likeness (QED) is 0.546. The summed E-state index contributed by atoms with van der Waals surface area (Å²) in [6.07, 6.45) is -1.17. The van der Waals surface area contributed by atoms with E-state index in [1.54, 1.807) is 35.3 Å². The molecular weight excluding hydrogens is 505 g/mol. The highest BCUT2D eigenvalue weighted by molar-refractivity contribution is 5.85. The number of hydrogen-bond donors (Lipinski definition) is 1. The van der Waals surface area contributed by atoms with E-state index >= 15 is 0 Å². The van der Waals surface area contributed by atoms with Gasteiger partial charge >= 0.3 is 0 Å². The topological polar surface area (TPSA) is 102 Å². The number of amides is 1. The van der Waals surface area contributed by atoms with Gasteiger partial charge in [-0.15, -0.1) is 0 Å². The Hall–Kier alpha value is -2.91. The standard InChI is InChI=1S/C29H34FN3O6/c1-28(2)38-25-16-29(27(34)32-33-11-13-35-14-12-33,37-19-22-9-5-6-10-23(22)30)15-24(26(25)39-28)36-18-21-8-4-3-7-20(21)17-31/h3-10,24-26H,11-16,18-19H2,1-2H3,(H,32,34)/t24?,25-,26+,29-/m1/s1. The number of nitrogens with one attached hydrogen (secondary N) is 1. The lowest BCUT2D eigenvalue weighted by Gasteiger charge is -2.44. The molecule has 2 saturated heterocycles. The summed E-state index contributed by atoms with van der Waals surface area (Å²) in [5.41, 5.74) is 3.21. The van der Waals surface area contributed by atoms with E-state index in [-0.39, 0.29) is 32.0 Å². The molecule has 3 aliphatic rings. The van der Waals surface area contributed by atoms with Crippen molar-refractivity contribution in [1.29, 1.82) is 5.26 Å². The van der Waals surface area contributed by atoms with Gasteiger partial charge in [-0.1, -0.05) is 36.4 Å². The molecule has 2 aromatic carbocycles. The second kappa shape index (κ2) is 11.7. The highest BCUT2D eigenvalue weighted by Gasteiger charge is 2.58. The first-order valence-electron chi connectivity index (χ1n) is 13.2. The van der Waals surface area contributed by atoms with E-state index in [0.29, 0.717) is 37.4 Å². The predicted molar refractivity (Wildman–Crippen MR) is 137 cm³/mol. The average Bonchev–Trinajstić information content (AvgIpc) is 3.25. The third kappa shape index (κ3) is 6.30. The summed E-state index contributed by atoms with van der Waals surface area (Å²) in [6.45, 7) is 5.78. The van der Waals surface area contributed by atoms with Crippen molar-refractivity contribution in [1.82, 2.24) is 10.4 Å². The first-order chi connectivity index (χ1) is 18.8. The zero-order chi connectivity index (χ0) is 27.5. The summed E-state index contributed by atoms with van der Waals surface area (Å²) in [4.78, 5) is 14.0. The fourth-order valence-electron chi connectivity index (χ4n) is 5.41. The number of halogens is 1. The van der Waals surface area contributed by atoms with E-state index in [0.717, 1.165) is 5.56 Å². The van der Waals surface area contributed by atoms with Gasteiger partial charge in [-0.25, -0.2) is 9.40 Å². The molecule has 1 saturated carbocycles. The molecule has 2 aliphatic heterocycles. The van der Waals surface area contributed by atoms with Crippen molar-refractivity contribution in [2.24, 2.45) is 0 Å². The number of hydrazine groups is 1. The smallest absolute Gasteiger partial charge is 0.266 e. The maximum Gasteiger partial charge on any atom is 0.266 e. The SMILES string of the molecule is CC1(C)O[C@@H]2C[C@@](OCc3ccccc3F)(C(=O)NN3CCOCC3)CC(OCc3ccccc3C#N)[C@@H]2O1. The molecule has 1 amide bonds. The van der Waals surface area contributed by atoms with E-state index in [2.05, 4.69) is 11.5 Å². The summed E-state index contributed by atoms with van der Waals surface area (Å²) in [7, 11) is 0. The van der Waals surface area contributed by atoms with Gasteiger partial charge in [-0.3, -0.25) is 10.2 Å². The molecule has 1 N–H and O–H groups in total. The molecule has 208 valence electrons. The Bertz CT molecular complexity index is 1210. The minimum atomic E-state index is -1.38. The molecule has 10 heteroatoms. The van der Waals surface area contributed by atoms with Gasteiger partial charge in [-0.05, 0) is 31.5 Å². The number of morpholine rings is 1. The lowest BCUT2D eigenvalue weighted by molar-refractivity contribution is -0.188. The third-order valence-electron chi connectivity index (χ3n) is 7.39. The zero-order valence-electron chi connectivity index (χ0n) is 22.2.